The second-order valence-electron chi connectivity index (χ2n) is 7.92. The van der Waals surface area contributed by atoms with E-state index in [4.69, 9.17) is 4.74 Å². The van der Waals surface area contributed by atoms with Gasteiger partial charge in [0.05, 0.1) is 18.2 Å². The van der Waals surface area contributed by atoms with Crippen molar-refractivity contribution >= 4 is 17.2 Å². The van der Waals surface area contributed by atoms with Gasteiger partial charge in [0.25, 0.3) is 5.91 Å². The summed E-state index contributed by atoms with van der Waals surface area (Å²) in [6.07, 6.45) is 1.94. The molecule has 1 aliphatic heterocycles. The molecule has 0 bridgehead atoms. The van der Waals surface area contributed by atoms with E-state index >= 15 is 0 Å². The molecule has 11 heteroatoms. The van der Waals surface area contributed by atoms with E-state index < -0.39 is 17.1 Å². The van der Waals surface area contributed by atoms with Crippen LogP contribution in [0, 0.1) is 5.82 Å². The van der Waals surface area contributed by atoms with Crippen LogP contribution in [0.3, 0.4) is 0 Å². The summed E-state index contributed by atoms with van der Waals surface area (Å²) in [5.74, 6) is -1.64. The molecule has 3 aromatic rings. The number of carbonyl (C=O) groups is 1. The third kappa shape index (κ3) is 5.29. The minimum atomic E-state index is -0.843. The van der Waals surface area contributed by atoms with Crippen molar-refractivity contribution in [3.63, 3.8) is 0 Å². The first-order chi connectivity index (χ1) is 15.3. The van der Waals surface area contributed by atoms with Crippen LogP contribution in [0.25, 0.3) is 10.6 Å². The van der Waals surface area contributed by atoms with Gasteiger partial charge in [0.2, 0.25) is 0 Å². The minimum absolute atomic E-state index is 0. The Hall–Kier alpha value is -1.47. The molecule has 1 amide bonds. The Labute approximate surface area is 236 Å². The molecule has 2 aromatic heterocycles. The number of benzene rings is 1. The zero-order valence-corrected chi connectivity index (χ0v) is 22.8. The van der Waals surface area contributed by atoms with Gasteiger partial charge in [-0.2, -0.15) is 0 Å². The van der Waals surface area contributed by atoms with Crippen LogP contribution in [-0.4, -0.2) is 51.4 Å². The molecule has 0 spiro atoms. The summed E-state index contributed by atoms with van der Waals surface area (Å²) in [6.45, 7) is 4.35. The van der Waals surface area contributed by atoms with E-state index in [2.05, 4.69) is 10.2 Å². The molecule has 0 fully saturated rings. The molecule has 0 saturated heterocycles. The third-order valence-corrected chi connectivity index (χ3v) is 6.31. The molecule has 4 rings (SSSR count). The van der Waals surface area contributed by atoms with Gasteiger partial charge < -0.3 is 19.3 Å². The van der Waals surface area contributed by atoms with Gasteiger partial charge in [0, 0.05) is 32.3 Å². The van der Waals surface area contributed by atoms with E-state index in [-0.39, 0.29) is 80.5 Å². The van der Waals surface area contributed by atoms with Crippen molar-refractivity contribution < 1.29 is 70.4 Å². The summed E-state index contributed by atoms with van der Waals surface area (Å²) < 4.78 is 19.9. The number of carbonyl (C=O) groups excluding carboxylic acids is 1. The number of pyridine rings is 1. The third-order valence-electron chi connectivity index (χ3n) is 5.36. The maximum Gasteiger partial charge on any atom is 1.00 e. The van der Waals surface area contributed by atoms with Gasteiger partial charge in [-0.25, -0.2) is 4.39 Å². The van der Waals surface area contributed by atoms with Gasteiger partial charge in [0.15, 0.2) is 10.4 Å². The van der Waals surface area contributed by atoms with E-state index in [0.717, 1.165) is 5.56 Å². The van der Waals surface area contributed by atoms with Crippen molar-refractivity contribution in [2.45, 2.75) is 38.9 Å². The summed E-state index contributed by atoms with van der Waals surface area (Å²) in [6, 6.07) is 5.63. The standard InChI is InChI=1S/C22H23FN4O4S.K/c1-12(2)27-15(11-31-3)9-26-10-16(19(28)20(29)18(26)22(27)30)21-25-24-17(32-21)8-13-4-6-14(23)7-5-13;/h4-7,10,12,15,29H,8-9,11H2,1-3H3;/q;+1/p-1/t15-;/m0./s1. The Bertz CT molecular complexity index is 1210. The number of halogens is 1. The van der Waals surface area contributed by atoms with Crippen molar-refractivity contribution in [1.82, 2.24) is 19.7 Å². The Kier molecular flexibility index (Phi) is 8.59. The molecule has 168 valence electrons. The predicted octanol–water partition coefficient (Wildman–Crippen LogP) is -0.946. The number of fused-ring (bicyclic) bond motifs is 1. The van der Waals surface area contributed by atoms with Crippen LogP contribution in [0.1, 0.15) is 34.9 Å². The van der Waals surface area contributed by atoms with Gasteiger partial charge >= 0.3 is 51.4 Å². The summed E-state index contributed by atoms with van der Waals surface area (Å²) in [7, 11) is 1.55. The Morgan fingerprint density at radius 1 is 1.24 bits per heavy atom. The Balaban J connectivity index is 0.00000306. The largest absolute Gasteiger partial charge is 1.00 e. The van der Waals surface area contributed by atoms with Gasteiger partial charge in [-0.05, 0) is 37.3 Å². The van der Waals surface area contributed by atoms with Crippen molar-refractivity contribution in [2.75, 3.05) is 13.7 Å². The number of methoxy groups -OCH3 is 1. The van der Waals surface area contributed by atoms with E-state index in [1.54, 1.807) is 24.1 Å². The first-order valence-corrected chi connectivity index (χ1v) is 10.9. The Morgan fingerprint density at radius 2 is 1.94 bits per heavy atom. The number of hydrogen-bond donors (Lipinski definition) is 0. The molecule has 1 aliphatic rings. The summed E-state index contributed by atoms with van der Waals surface area (Å²) in [5, 5.41) is 22.0. The van der Waals surface area contributed by atoms with Crippen LogP contribution in [0.2, 0.25) is 0 Å². The molecule has 0 unspecified atom stereocenters. The monoisotopic (exact) mass is 496 g/mol. The average molecular weight is 497 g/mol. The smallest absolute Gasteiger partial charge is 0.868 e. The van der Waals surface area contributed by atoms with E-state index in [1.807, 2.05) is 13.8 Å². The van der Waals surface area contributed by atoms with E-state index in [9.17, 15) is 19.1 Å². The number of nitrogens with zero attached hydrogens (tertiary/aromatic N) is 4. The van der Waals surface area contributed by atoms with Crippen molar-refractivity contribution in [2.24, 2.45) is 0 Å². The number of aromatic nitrogens is 3. The molecule has 8 nitrogen and oxygen atoms in total. The van der Waals surface area contributed by atoms with E-state index in [1.165, 1.54) is 34.2 Å². The van der Waals surface area contributed by atoms with Crippen molar-refractivity contribution in [3.05, 3.63) is 62.8 Å². The van der Waals surface area contributed by atoms with E-state index in [0.29, 0.717) is 29.6 Å². The van der Waals surface area contributed by atoms with Gasteiger partial charge in [-0.15, -0.1) is 10.2 Å². The van der Waals surface area contributed by atoms with Gasteiger partial charge in [0.1, 0.15) is 16.5 Å². The zero-order valence-electron chi connectivity index (χ0n) is 18.9. The fourth-order valence-electron chi connectivity index (χ4n) is 3.95. The zero-order chi connectivity index (χ0) is 23.0. The van der Waals surface area contributed by atoms with Gasteiger partial charge in [-0.1, -0.05) is 23.5 Å². The molecule has 0 aliphatic carbocycles. The summed E-state index contributed by atoms with van der Waals surface area (Å²) >= 11 is 1.19. The number of hydrogen-bond acceptors (Lipinski definition) is 7. The fraction of sp³-hybridized carbons (Fsp3) is 0.364. The quantitative estimate of drug-likeness (QED) is 0.408. The first kappa shape index (κ1) is 26.1. The topological polar surface area (TPSA) is 100 Å². The molecule has 3 heterocycles. The number of rotatable bonds is 6. The van der Waals surface area contributed by atoms with Crippen LogP contribution in [-0.2, 0) is 17.7 Å². The molecular formula is C22H22FKN4O4S. The van der Waals surface area contributed by atoms with Crippen LogP contribution >= 0.6 is 11.3 Å². The maximum absolute atomic E-state index is 13.1. The first-order valence-electron chi connectivity index (χ1n) is 10.1. The normalized spacial score (nSPS) is 15.5. The molecule has 1 atom stereocenters. The van der Waals surface area contributed by atoms with Crippen LogP contribution < -0.4 is 61.9 Å². The fourth-order valence-corrected chi connectivity index (χ4v) is 4.83. The predicted molar refractivity (Wildman–Crippen MR) is 115 cm³/mol. The molecular weight excluding hydrogens is 474 g/mol. The average Bonchev–Trinajstić information content (AvgIpc) is 3.20. The number of ether oxygens (including phenoxy) is 1. The van der Waals surface area contributed by atoms with Crippen LogP contribution in [0.15, 0.2) is 35.3 Å². The SMILES string of the molecule is COC[C@@H]1Cn2cc(-c3nnc(Cc4ccc(F)cc4)s3)c(=O)c([O-])c2C(=O)N1C(C)C.[K+]. The summed E-state index contributed by atoms with van der Waals surface area (Å²) in [4.78, 5) is 27.5. The van der Waals surface area contributed by atoms with Crippen LogP contribution in [0.4, 0.5) is 4.39 Å². The van der Waals surface area contributed by atoms with Gasteiger partial charge in [-0.3, -0.25) is 9.59 Å². The molecule has 0 saturated carbocycles. The summed E-state index contributed by atoms with van der Waals surface area (Å²) in [5.41, 5.74) is 0.0463. The molecule has 0 radical (unpaired) electrons. The van der Waals surface area contributed by atoms with Crippen molar-refractivity contribution in [3.8, 4) is 16.3 Å². The van der Waals surface area contributed by atoms with Crippen LogP contribution in [0.5, 0.6) is 5.75 Å². The molecule has 1 aromatic carbocycles. The second kappa shape index (κ2) is 10.8. The maximum atomic E-state index is 13.1. The molecule has 33 heavy (non-hydrogen) atoms. The minimum Gasteiger partial charge on any atom is -0.868 e. The number of amides is 1. The second-order valence-corrected chi connectivity index (χ2v) is 8.98. The Morgan fingerprint density at radius 3 is 2.58 bits per heavy atom. The molecule has 0 N–H and O–H groups in total. The van der Waals surface area contributed by atoms with Crippen molar-refractivity contribution in [1.29, 1.82) is 0 Å².